The van der Waals surface area contributed by atoms with Crippen LogP contribution in [0, 0.1) is 13.8 Å². The quantitative estimate of drug-likeness (QED) is 0.824. The van der Waals surface area contributed by atoms with E-state index in [0.717, 1.165) is 16.7 Å². The highest BCUT2D eigenvalue weighted by atomic mass is 16.4. The Hall–Kier alpha value is -2.14. The second kappa shape index (κ2) is 6.10. The normalized spacial score (nSPS) is 22.0. The number of carboxylic acids is 1. The highest BCUT2D eigenvalue weighted by Crippen LogP contribution is 2.19. The molecule has 1 saturated heterocycles. The zero-order valence-corrected chi connectivity index (χ0v) is 12.1. The molecule has 1 aromatic rings. The minimum Gasteiger partial charge on any atom is -0.480 e. The van der Waals surface area contributed by atoms with Crippen LogP contribution in [-0.4, -0.2) is 45.7 Å². The van der Waals surface area contributed by atoms with E-state index >= 15 is 0 Å². The fraction of sp³-hybridized carbons (Fsp3) is 0.375. The summed E-state index contributed by atoms with van der Waals surface area (Å²) >= 11 is 0. The first-order valence-electron chi connectivity index (χ1n) is 6.85. The van der Waals surface area contributed by atoms with Gasteiger partial charge in [0.05, 0.1) is 6.10 Å². The molecule has 1 fully saturated rings. The molecule has 1 aliphatic rings. The van der Waals surface area contributed by atoms with Gasteiger partial charge in [-0.2, -0.15) is 0 Å². The summed E-state index contributed by atoms with van der Waals surface area (Å²) in [6.07, 6.45) is 2.36. The number of amides is 1. The molecule has 112 valence electrons. The van der Waals surface area contributed by atoms with Crippen molar-refractivity contribution in [2.24, 2.45) is 0 Å². The van der Waals surface area contributed by atoms with E-state index in [-0.39, 0.29) is 18.9 Å². The molecule has 0 radical (unpaired) electrons. The molecule has 0 aliphatic carbocycles. The molecular weight excluding hydrogens is 270 g/mol. The molecule has 1 aliphatic heterocycles. The van der Waals surface area contributed by atoms with Crippen molar-refractivity contribution in [1.29, 1.82) is 0 Å². The minimum absolute atomic E-state index is 0.0625. The number of aliphatic hydroxyl groups excluding tert-OH is 1. The minimum atomic E-state index is -1.08. The van der Waals surface area contributed by atoms with Crippen molar-refractivity contribution in [3.63, 3.8) is 0 Å². The number of benzene rings is 1. The van der Waals surface area contributed by atoms with Crippen LogP contribution in [0.2, 0.25) is 0 Å². The van der Waals surface area contributed by atoms with E-state index in [2.05, 4.69) is 0 Å². The average molecular weight is 289 g/mol. The third kappa shape index (κ3) is 3.49. The number of nitrogens with zero attached hydrogens (tertiary/aromatic N) is 1. The molecule has 5 heteroatoms. The molecule has 21 heavy (non-hydrogen) atoms. The van der Waals surface area contributed by atoms with E-state index < -0.39 is 18.1 Å². The second-order valence-corrected chi connectivity index (χ2v) is 5.43. The third-order valence-corrected chi connectivity index (χ3v) is 3.68. The van der Waals surface area contributed by atoms with Gasteiger partial charge >= 0.3 is 5.97 Å². The molecule has 2 atom stereocenters. The summed E-state index contributed by atoms with van der Waals surface area (Å²) in [6, 6.07) is 4.94. The monoisotopic (exact) mass is 289 g/mol. The third-order valence-electron chi connectivity index (χ3n) is 3.68. The van der Waals surface area contributed by atoms with Crippen LogP contribution in [0.4, 0.5) is 0 Å². The Kier molecular flexibility index (Phi) is 4.43. The van der Waals surface area contributed by atoms with Gasteiger partial charge in [0, 0.05) is 19.0 Å². The largest absolute Gasteiger partial charge is 0.480 e. The van der Waals surface area contributed by atoms with Crippen molar-refractivity contribution in [2.75, 3.05) is 6.54 Å². The molecule has 0 saturated carbocycles. The second-order valence-electron chi connectivity index (χ2n) is 5.43. The topological polar surface area (TPSA) is 77.8 Å². The van der Waals surface area contributed by atoms with Gasteiger partial charge in [0.25, 0.3) is 0 Å². The maximum Gasteiger partial charge on any atom is 0.326 e. The number of rotatable bonds is 3. The van der Waals surface area contributed by atoms with Crippen LogP contribution >= 0.6 is 0 Å². The van der Waals surface area contributed by atoms with E-state index in [9.17, 15) is 14.7 Å². The zero-order chi connectivity index (χ0) is 15.6. The van der Waals surface area contributed by atoms with Crippen LogP contribution in [0.25, 0.3) is 6.08 Å². The number of aliphatic carboxylic acids is 1. The predicted octanol–water partition coefficient (Wildman–Crippen LogP) is 1.36. The first-order chi connectivity index (χ1) is 9.88. The zero-order valence-electron chi connectivity index (χ0n) is 12.1. The fourth-order valence-corrected chi connectivity index (χ4v) is 2.56. The van der Waals surface area contributed by atoms with Crippen molar-refractivity contribution in [2.45, 2.75) is 32.4 Å². The standard InChI is InChI=1S/C16H19NO4/c1-10-3-4-12(11(2)7-10)5-6-15(19)17-9-13(18)8-14(17)16(20)21/h3-7,13-14,18H,8-9H2,1-2H3,(H,20,21)/b6-5+. The highest BCUT2D eigenvalue weighted by Gasteiger charge is 2.37. The van der Waals surface area contributed by atoms with Crippen LogP contribution in [0.3, 0.4) is 0 Å². The van der Waals surface area contributed by atoms with Gasteiger partial charge in [-0.05, 0) is 31.1 Å². The molecule has 2 N–H and O–H groups in total. The van der Waals surface area contributed by atoms with Gasteiger partial charge in [-0.1, -0.05) is 23.8 Å². The van der Waals surface area contributed by atoms with Gasteiger partial charge in [0.1, 0.15) is 6.04 Å². The van der Waals surface area contributed by atoms with Gasteiger partial charge in [-0.3, -0.25) is 4.79 Å². The molecule has 2 unspecified atom stereocenters. The number of carbonyl (C=O) groups excluding carboxylic acids is 1. The van der Waals surface area contributed by atoms with E-state index in [4.69, 9.17) is 5.11 Å². The molecule has 1 amide bonds. The van der Waals surface area contributed by atoms with Crippen LogP contribution in [0.15, 0.2) is 24.3 Å². The average Bonchev–Trinajstić information content (AvgIpc) is 2.80. The highest BCUT2D eigenvalue weighted by molar-refractivity contribution is 5.95. The Labute approximate surface area is 123 Å². The van der Waals surface area contributed by atoms with Crippen molar-refractivity contribution < 1.29 is 19.8 Å². The summed E-state index contributed by atoms with van der Waals surface area (Å²) in [4.78, 5) is 24.4. The molecule has 0 spiro atoms. The molecular formula is C16H19NO4. The summed E-state index contributed by atoms with van der Waals surface area (Å²) in [5, 5.41) is 18.6. The van der Waals surface area contributed by atoms with Crippen LogP contribution in [0.1, 0.15) is 23.1 Å². The van der Waals surface area contributed by atoms with E-state index in [1.54, 1.807) is 6.08 Å². The number of hydrogen-bond donors (Lipinski definition) is 2. The van der Waals surface area contributed by atoms with Crippen LogP contribution < -0.4 is 0 Å². The molecule has 1 aromatic carbocycles. The molecule has 1 heterocycles. The summed E-state index contributed by atoms with van der Waals surface area (Å²) in [5.41, 5.74) is 3.11. The van der Waals surface area contributed by atoms with Gasteiger partial charge in [-0.15, -0.1) is 0 Å². The first-order valence-corrected chi connectivity index (χ1v) is 6.85. The number of likely N-dealkylation sites (tertiary alicyclic amines) is 1. The van der Waals surface area contributed by atoms with Gasteiger partial charge in [0.15, 0.2) is 0 Å². The van der Waals surface area contributed by atoms with Gasteiger partial charge in [-0.25, -0.2) is 4.79 Å². The number of hydrogen-bond acceptors (Lipinski definition) is 3. The van der Waals surface area contributed by atoms with Gasteiger partial charge < -0.3 is 15.1 Å². The summed E-state index contributed by atoms with van der Waals surface area (Å²) in [7, 11) is 0. The lowest BCUT2D eigenvalue weighted by atomic mass is 10.1. The SMILES string of the molecule is Cc1ccc(/C=C/C(=O)N2CC(O)CC2C(=O)O)c(C)c1. The first kappa shape index (κ1) is 15.3. The smallest absolute Gasteiger partial charge is 0.326 e. The molecule has 2 rings (SSSR count). The van der Waals surface area contributed by atoms with Gasteiger partial charge in [0.2, 0.25) is 5.91 Å². The molecule has 0 aromatic heterocycles. The lowest BCUT2D eigenvalue weighted by Gasteiger charge is -2.19. The Morgan fingerprint density at radius 3 is 2.67 bits per heavy atom. The van der Waals surface area contributed by atoms with Crippen molar-refractivity contribution in [3.05, 3.63) is 41.0 Å². The molecule has 0 bridgehead atoms. The maximum absolute atomic E-state index is 12.1. The maximum atomic E-state index is 12.1. The Morgan fingerprint density at radius 2 is 2.05 bits per heavy atom. The van der Waals surface area contributed by atoms with Crippen molar-refractivity contribution in [3.8, 4) is 0 Å². The number of carboxylic acid groups (broad SMARTS) is 1. The summed E-state index contributed by atoms with van der Waals surface area (Å²) < 4.78 is 0. The lowest BCUT2D eigenvalue weighted by molar-refractivity contribution is -0.146. The number of aryl methyl sites for hydroxylation is 2. The van der Waals surface area contributed by atoms with Crippen LogP contribution in [-0.2, 0) is 9.59 Å². The Balaban J connectivity index is 2.13. The number of carbonyl (C=O) groups is 2. The van der Waals surface area contributed by atoms with Crippen molar-refractivity contribution in [1.82, 2.24) is 4.90 Å². The molecule has 5 nitrogen and oxygen atoms in total. The lowest BCUT2D eigenvalue weighted by Crippen LogP contribution is -2.39. The van der Waals surface area contributed by atoms with E-state index in [1.807, 2.05) is 32.0 Å². The number of aliphatic hydroxyl groups is 1. The summed E-state index contributed by atoms with van der Waals surface area (Å²) in [6.45, 7) is 4.01. The Morgan fingerprint density at radius 1 is 1.33 bits per heavy atom. The van der Waals surface area contributed by atoms with E-state index in [1.165, 1.54) is 11.0 Å². The van der Waals surface area contributed by atoms with Crippen LogP contribution in [0.5, 0.6) is 0 Å². The van der Waals surface area contributed by atoms with Crippen molar-refractivity contribution >= 4 is 18.0 Å². The predicted molar refractivity (Wildman–Crippen MR) is 78.7 cm³/mol. The Bertz CT molecular complexity index is 594. The van der Waals surface area contributed by atoms with E-state index in [0.29, 0.717) is 0 Å². The summed E-state index contributed by atoms with van der Waals surface area (Å²) in [5.74, 6) is -1.47. The number of β-amino-alcohol motifs (C(OH)–C–C–N with tert-alkyl or cyclic N) is 1. The fourth-order valence-electron chi connectivity index (χ4n) is 2.56.